The van der Waals surface area contributed by atoms with E-state index in [1.165, 1.54) is 4.31 Å². The molecule has 7 nitrogen and oxygen atoms in total. The van der Waals surface area contributed by atoms with Gasteiger partial charge in [-0.3, -0.25) is 9.59 Å². The zero-order chi connectivity index (χ0) is 18.7. The Hall–Kier alpha value is -1.93. The Labute approximate surface area is 153 Å². The van der Waals surface area contributed by atoms with Gasteiger partial charge in [-0.25, -0.2) is 8.42 Å². The largest absolute Gasteiger partial charge is 0.481 e. The second-order valence-corrected chi connectivity index (χ2v) is 8.91. The number of benzene rings is 1. The molecule has 2 atom stereocenters. The van der Waals surface area contributed by atoms with E-state index >= 15 is 0 Å². The molecule has 1 aromatic rings. The number of rotatable bonds is 4. The first-order chi connectivity index (χ1) is 12.4. The van der Waals surface area contributed by atoms with Gasteiger partial charge in [0.2, 0.25) is 15.9 Å². The highest BCUT2D eigenvalue weighted by Gasteiger charge is 2.37. The summed E-state index contributed by atoms with van der Waals surface area (Å²) in [5.74, 6) is -1.93. The van der Waals surface area contributed by atoms with E-state index in [0.29, 0.717) is 38.8 Å². The Kier molecular flexibility index (Phi) is 5.62. The number of nitrogens with zero attached hydrogens (tertiary/aromatic N) is 2. The molecule has 0 bridgehead atoms. The molecule has 8 heteroatoms. The molecule has 3 rings (SSSR count). The molecule has 2 aliphatic rings. The number of carboxylic acid groups (broad SMARTS) is 1. The van der Waals surface area contributed by atoms with Gasteiger partial charge in [0, 0.05) is 26.2 Å². The van der Waals surface area contributed by atoms with Crippen LogP contribution in [0.25, 0.3) is 0 Å². The Morgan fingerprint density at radius 1 is 0.962 bits per heavy atom. The molecule has 142 valence electrons. The lowest BCUT2D eigenvalue weighted by Crippen LogP contribution is -2.49. The quantitative estimate of drug-likeness (QED) is 0.852. The van der Waals surface area contributed by atoms with Crippen LogP contribution in [0.4, 0.5) is 0 Å². The summed E-state index contributed by atoms with van der Waals surface area (Å²) in [7, 11) is -3.61. The number of sulfonamides is 1. The fourth-order valence-electron chi connectivity index (χ4n) is 3.74. The fourth-order valence-corrected chi connectivity index (χ4v) is 5.29. The van der Waals surface area contributed by atoms with Gasteiger partial charge >= 0.3 is 5.97 Å². The van der Waals surface area contributed by atoms with Gasteiger partial charge in [0.25, 0.3) is 0 Å². The van der Waals surface area contributed by atoms with Crippen molar-refractivity contribution in [2.75, 3.05) is 26.2 Å². The van der Waals surface area contributed by atoms with Crippen molar-refractivity contribution < 1.29 is 23.1 Å². The van der Waals surface area contributed by atoms with Gasteiger partial charge in [-0.05, 0) is 37.8 Å². The van der Waals surface area contributed by atoms with Crippen LogP contribution >= 0.6 is 0 Å². The molecule has 2 heterocycles. The van der Waals surface area contributed by atoms with Gasteiger partial charge in [-0.1, -0.05) is 18.2 Å². The summed E-state index contributed by atoms with van der Waals surface area (Å²) in [6.07, 6.45) is 2.51. The molecule has 0 aromatic heterocycles. The zero-order valence-corrected chi connectivity index (χ0v) is 15.4. The van der Waals surface area contributed by atoms with Gasteiger partial charge in [-0.2, -0.15) is 4.31 Å². The Balaban J connectivity index is 1.70. The predicted octanol–water partition coefficient (Wildman–Crippen LogP) is 1.41. The molecule has 2 fully saturated rings. The Morgan fingerprint density at radius 3 is 2.31 bits per heavy atom. The maximum Gasteiger partial charge on any atom is 0.308 e. The van der Waals surface area contributed by atoms with Crippen LogP contribution < -0.4 is 0 Å². The maximum atomic E-state index is 12.8. The van der Waals surface area contributed by atoms with Crippen molar-refractivity contribution in [2.24, 2.45) is 11.8 Å². The fraction of sp³-hybridized carbons (Fsp3) is 0.556. The lowest BCUT2D eigenvalue weighted by Gasteiger charge is -2.37. The first kappa shape index (κ1) is 18.8. The Bertz CT molecular complexity index is 765. The molecule has 1 N–H and O–H groups in total. The van der Waals surface area contributed by atoms with E-state index in [-0.39, 0.29) is 23.9 Å². The summed E-state index contributed by atoms with van der Waals surface area (Å²) >= 11 is 0. The number of likely N-dealkylation sites (tertiary alicyclic amines) is 1. The zero-order valence-electron chi connectivity index (χ0n) is 14.6. The molecule has 1 aromatic carbocycles. The second-order valence-electron chi connectivity index (χ2n) is 6.98. The predicted molar refractivity (Wildman–Crippen MR) is 94.9 cm³/mol. The summed E-state index contributed by atoms with van der Waals surface area (Å²) in [6.45, 7) is 1.32. The van der Waals surface area contributed by atoms with E-state index in [1.807, 2.05) is 0 Å². The summed E-state index contributed by atoms with van der Waals surface area (Å²) in [6, 6.07) is 8.24. The lowest BCUT2D eigenvalue weighted by molar-refractivity contribution is -0.147. The van der Waals surface area contributed by atoms with Crippen LogP contribution in [-0.4, -0.2) is 60.8 Å². The van der Waals surface area contributed by atoms with E-state index < -0.39 is 27.8 Å². The third kappa shape index (κ3) is 3.91. The number of carbonyl (C=O) groups excluding carboxylic acids is 1. The number of amides is 1. The van der Waals surface area contributed by atoms with Crippen LogP contribution in [0.1, 0.15) is 25.7 Å². The van der Waals surface area contributed by atoms with Crippen molar-refractivity contribution in [3.05, 3.63) is 30.3 Å². The van der Waals surface area contributed by atoms with Crippen LogP contribution in [-0.2, 0) is 19.6 Å². The molecule has 0 spiro atoms. The molecule has 1 amide bonds. The summed E-state index contributed by atoms with van der Waals surface area (Å²) in [4.78, 5) is 25.9. The normalized spacial score (nSPS) is 25.0. The summed E-state index contributed by atoms with van der Waals surface area (Å²) in [5, 5.41) is 9.20. The number of carboxylic acids is 1. The van der Waals surface area contributed by atoms with Crippen LogP contribution in [0.3, 0.4) is 0 Å². The van der Waals surface area contributed by atoms with Crippen LogP contribution in [0.15, 0.2) is 35.2 Å². The van der Waals surface area contributed by atoms with Gasteiger partial charge in [0.1, 0.15) is 0 Å². The summed E-state index contributed by atoms with van der Waals surface area (Å²) < 4.78 is 27.0. The van der Waals surface area contributed by atoms with Gasteiger partial charge in [0.05, 0.1) is 16.7 Å². The van der Waals surface area contributed by atoms with E-state index in [2.05, 4.69) is 0 Å². The maximum absolute atomic E-state index is 12.8. The second kappa shape index (κ2) is 7.75. The van der Waals surface area contributed by atoms with E-state index in [0.717, 1.165) is 0 Å². The number of hydrogen-bond donors (Lipinski definition) is 1. The molecule has 26 heavy (non-hydrogen) atoms. The number of hydrogen-bond acceptors (Lipinski definition) is 4. The van der Waals surface area contributed by atoms with Gasteiger partial charge in [-0.15, -0.1) is 0 Å². The smallest absolute Gasteiger partial charge is 0.308 e. The highest BCUT2D eigenvalue weighted by Crippen LogP contribution is 2.26. The topological polar surface area (TPSA) is 95.0 Å². The minimum Gasteiger partial charge on any atom is -0.481 e. The molecule has 2 unspecified atom stereocenters. The molecule has 0 saturated carbocycles. The highest BCUT2D eigenvalue weighted by molar-refractivity contribution is 7.89. The van der Waals surface area contributed by atoms with Crippen LogP contribution in [0.5, 0.6) is 0 Å². The SMILES string of the molecule is O=C(O)C1CCCN(C(=O)C2CCCN(S(=O)(=O)c3ccccc3)C2)C1. The van der Waals surface area contributed by atoms with E-state index in [1.54, 1.807) is 35.2 Å². The van der Waals surface area contributed by atoms with Crippen molar-refractivity contribution in [3.8, 4) is 0 Å². The highest BCUT2D eigenvalue weighted by atomic mass is 32.2. The average Bonchev–Trinajstić information content (AvgIpc) is 2.68. The van der Waals surface area contributed by atoms with Crippen molar-refractivity contribution >= 4 is 21.9 Å². The van der Waals surface area contributed by atoms with Crippen LogP contribution in [0.2, 0.25) is 0 Å². The van der Waals surface area contributed by atoms with E-state index in [9.17, 15) is 23.1 Å². The number of piperidine rings is 2. The van der Waals surface area contributed by atoms with Crippen LogP contribution in [0, 0.1) is 11.8 Å². The first-order valence-corrected chi connectivity index (χ1v) is 10.4. The summed E-state index contributed by atoms with van der Waals surface area (Å²) in [5.41, 5.74) is 0. The number of carbonyl (C=O) groups is 2. The van der Waals surface area contributed by atoms with Gasteiger partial charge < -0.3 is 10.0 Å². The third-order valence-corrected chi connectivity index (χ3v) is 7.08. The molecule has 0 radical (unpaired) electrons. The molecule has 2 aliphatic heterocycles. The molecular weight excluding hydrogens is 356 g/mol. The first-order valence-electron chi connectivity index (χ1n) is 8.96. The van der Waals surface area contributed by atoms with Crippen molar-refractivity contribution in [3.63, 3.8) is 0 Å². The lowest BCUT2D eigenvalue weighted by atomic mass is 9.94. The number of aliphatic carboxylic acids is 1. The molecule has 0 aliphatic carbocycles. The monoisotopic (exact) mass is 380 g/mol. The van der Waals surface area contributed by atoms with Crippen molar-refractivity contribution in [1.82, 2.24) is 9.21 Å². The molecular formula is C18H24N2O5S. The standard InChI is InChI=1S/C18H24N2O5S/c21-17(19-10-4-7-15(12-19)18(22)23)14-6-5-11-20(13-14)26(24,25)16-8-2-1-3-9-16/h1-3,8-9,14-15H,4-7,10-13H2,(H,22,23). The van der Waals surface area contributed by atoms with E-state index in [4.69, 9.17) is 0 Å². The Morgan fingerprint density at radius 2 is 1.62 bits per heavy atom. The van der Waals surface area contributed by atoms with Crippen molar-refractivity contribution in [2.45, 2.75) is 30.6 Å². The average molecular weight is 380 g/mol. The minimum absolute atomic E-state index is 0.121. The van der Waals surface area contributed by atoms with Crippen molar-refractivity contribution in [1.29, 1.82) is 0 Å². The third-order valence-electron chi connectivity index (χ3n) is 5.20. The minimum atomic E-state index is -3.61. The van der Waals surface area contributed by atoms with Gasteiger partial charge in [0.15, 0.2) is 0 Å². The molecule has 2 saturated heterocycles.